The minimum Gasteiger partial charge on any atom is -0.326 e. The standard InChI is InChI=1S/C13H11F2NS/c14-10-4-6-11(7-5-10)17-13-9(8-16)2-1-3-12(13)15/h1-7H,8,16H2. The molecule has 0 amide bonds. The molecule has 1 nitrogen and oxygen atoms in total. The second kappa shape index (κ2) is 5.29. The monoisotopic (exact) mass is 251 g/mol. The summed E-state index contributed by atoms with van der Waals surface area (Å²) >= 11 is 1.25. The van der Waals surface area contributed by atoms with E-state index in [1.807, 2.05) is 0 Å². The highest BCUT2D eigenvalue weighted by molar-refractivity contribution is 7.99. The van der Waals surface area contributed by atoms with E-state index in [1.165, 1.54) is 30.0 Å². The minimum atomic E-state index is -0.304. The Balaban J connectivity index is 2.32. The zero-order chi connectivity index (χ0) is 12.3. The summed E-state index contributed by atoms with van der Waals surface area (Å²) in [5.41, 5.74) is 6.31. The first-order valence-electron chi connectivity index (χ1n) is 5.11. The molecule has 0 heterocycles. The zero-order valence-electron chi connectivity index (χ0n) is 8.99. The van der Waals surface area contributed by atoms with Gasteiger partial charge in [0.2, 0.25) is 0 Å². The predicted molar refractivity (Wildman–Crippen MR) is 64.8 cm³/mol. The Labute approximate surface area is 103 Å². The van der Waals surface area contributed by atoms with E-state index in [-0.39, 0.29) is 18.2 Å². The molecule has 2 aromatic carbocycles. The van der Waals surface area contributed by atoms with Crippen molar-refractivity contribution < 1.29 is 8.78 Å². The molecule has 4 heteroatoms. The van der Waals surface area contributed by atoms with Gasteiger partial charge in [-0.25, -0.2) is 8.78 Å². The Morgan fingerprint density at radius 3 is 2.35 bits per heavy atom. The van der Waals surface area contributed by atoms with Crippen LogP contribution in [-0.2, 0) is 6.54 Å². The van der Waals surface area contributed by atoms with Gasteiger partial charge in [0.05, 0.1) is 4.90 Å². The van der Waals surface area contributed by atoms with E-state index in [1.54, 1.807) is 24.3 Å². The molecule has 0 radical (unpaired) electrons. The fourth-order valence-corrected chi connectivity index (χ4v) is 2.40. The third-order valence-corrected chi connectivity index (χ3v) is 3.47. The molecule has 0 saturated carbocycles. The molecule has 2 aromatic rings. The lowest BCUT2D eigenvalue weighted by Crippen LogP contribution is -1.99. The molecule has 0 unspecified atom stereocenters. The lowest BCUT2D eigenvalue weighted by molar-refractivity contribution is 0.597. The van der Waals surface area contributed by atoms with Gasteiger partial charge in [-0.15, -0.1) is 0 Å². The predicted octanol–water partition coefficient (Wildman–Crippen LogP) is 3.57. The zero-order valence-corrected chi connectivity index (χ0v) is 9.81. The van der Waals surface area contributed by atoms with Gasteiger partial charge in [-0.1, -0.05) is 23.9 Å². The van der Waals surface area contributed by atoms with E-state index < -0.39 is 0 Å². The summed E-state index contributed by atoms with van der Waals surface area (Å²) in [6.45, 7) is 0.279. The van der Waals surface area contributed by atoms with Crippen molar-refractivity contribution in [1.82, 2.24) is 0 Å². The fraction of sp³-hybridized carbons (Fsp3) is 0.0769. The van der Waals surface area contributed by atoms with Gasteiger partial charge < -0.3 is 5.73 Å². The largest absolute Gasteiger partial charge is 0.326 e. The number of hydrogen-bond acceptors (Lipinski definition) is 2. The second-order valence-electron chi connectivity index (χ2n) is 3.49. The van der Waals surface area contributed by atoms with Gasteiger partial charge in [0.25, 0.3) is 0 Å². The van der Waals surface area contributed by atoms with Crippen LogP contribution in [0.25, 0.3) is 0 Å². The number of nitrogens with two attached hydrogens (primary N) is 1. The highest BCUT2D eigenvalue weighted by atomic mass is 32.2. The van der Waals surface area contributed by atoms with Crippen molar-refractivity contribution in [1.29, 1.82) is 0 Å². The fourth-order valence-electron chi connectivity index (χ4n) is 1.45. The molecule has 0 saturated heterocycles. The maximum atomic E-state index is 13.7. The lowest BCUT2D eigenvalue weighted by Gasteiger charge is -2.08. The molecule has 2 N–H and O–H groups in total. The van der Waals surface area contributed by atoms with E-state index in [9.17, 15) is 8.78 Å². The molecular formula is C13H11F2NS. The van der Waals surface area contributed by atoms with Crippen LogP contribution >= 0.6 is 11.8 Å². The Morgan fingerprint density at radius 1 is 1.00 bits per heavy atom. The molecule has 0 aliphatic carbocycles. The van der Waals surface area contributed by atoms with Crippen LogP contribution in [0.3, 0.4) is 0 Å². The smallest absolute Gasteiger partial charge is 0.137 e. The number of halogens is 2. The summed E-state index contributed by atoms with van der Waals surface area (Å²) in [7, 11) is 0. The lowest BCUT2D eigenvalue weighted by atomic mass is 10.2. The Morgan fingerprint density at radius 2 is 1.71 bits per heavy atom. The van der Waals surface area contributed by atoms with Gasteiger partial charge in [0.1, 0.15) is 11.6 Å². The average Bonchev–Trinajstić information content (AvgIpc) is 2.34. The van der Waals surface area contributed by atoms with Crippen LogP contribution in [0.15, 0.2) is 52.3 Å². The quantitative estimate of drug-likeness (QED) is 0.902. The van der Waals surface area contributed by atoms with Gasteiger partial charge >= 0.3 is 0 Å². The third-order valence-electron chi connectivity index (χ3n) is 2.30. The SMILES string of the molecule is NCc1cccc(F)c1Sc1ccc(F)cc1. The first-order chi connectivity index (χ1) is 8.20. The molecule has 0 aliphatic heterocycles. The third kappa shape index (κ3) is 2.84. The Kier molecular flexibility index (Phi) is 3.76. The van der Waals surface area contributed by atoms with Gasteiger partial charge in [-0.05, 0) is 35.9 Å². The van der Waals surface area contributed by atoms with Crippen LogP contribution < -0.4 is 5.73 Å². The van der Waals surface area contributed by atoms with Crippen LogP contribution in [0.1, 0.15) is 5.56 Å². The topological polar surface area (TPSA) is 26.0 Å². The summed E-state index contributed by atoms with van der Waals surface area (Å²) in [5.74, 6) is -0.607. The van der Waals surface area contributed by atoms with Crippen LogP contribution in [0.4, 0.5) is 8.78 Å². The summed E-state index contributed by atoms with van der Waals surface area (Å²) in [6.07, 6.45) is 0. The summed E-state index contributed by atoms with van der Waals surface area (Å²) in [5, 5.41) is 0. The number of hydrogen-bond donors (Lipinski definition) is 1. The normalized spacial score (nSPS) is 10.5. The van der Waals surface area contributed by atoms with Crippen molar-refractivity contribution in [2.75, 3.05) is 0 Å². The van der Waals surface area contributed by atoms with Crippen molar-refractivity contribution >= 4 is 11.8 Å². The highest BCUT2D eigenvalue weighted by Gasteiger charge is 2.09. The van der Waals surface area contributed by atoms with Crippen LogP contribution in [0, 0.1) is 11.6 Å². The van der Waals surface area contributed by atoms with Crippen LogP contribution in [-0.4, -0.2) is 0 Å². The van der Waals surface area contributed by atoms with Crippen molar-refractivity contribution in [3.63, 3.8) is 0 Å². The average molecular weight is 251 g/mol. The molecule has 0 bridgehead atoms. The van der Waals surface area contributed by atoms with E-state index in [2.05, 4.69) is 0 Å². The summed E-state index contributed by atoms with van der Waals surface area (Å²) in [4.78, 5) is 1.29. The first kappa shape index (κ1) is 12.1. The van der Waals surface area contributed by atoms with E-state index >= 15 is 0 Å². The molecular weight excluding hydrogens is 240 g/mol. The van der Waals surface area contributed by atoms with Gasteiger partial charge in [0.15, 0.2) is 0 Å². The van der Waals surface area contributed by atoms with Crippen LogP contribution in [0.5, 0.6) is 0 Å². The van der Waals surface area contributed by atoms with Gasteiger partial charge in [0, 0.05) is 11.4 Å². The Hall–Kier alpha value is -1.39. The molecule has 17 heavy (non-hydrogen) atoms. The number of benzene rings is 2. The maximum Gasteiger partial charge on any atom is 0.137 e. The first-order valence-corrected chi connectivity index (χ1v) is 5.93. The second-order valence-corrected chi connectivity index (χ2v) is 4.57. The van der Waals surface area contributed by atoms with Crippen molar-refractivity contribution in [3.05, 3.63) is 59.7 Å². The molecule has 0 spiro atoms. The van der Waals surface area contributed by atoms with Crippen molar-refractivity contribution in [2.24, 2.45) is 5.73 Å². The van der Waals surface area contributed by atoms with Crippen molar-refractivity contribution in [2.45, 2.75) is 16.3 Å². The van der Waals surface area contributed by atoms with Crippen LogP contribution in [0.2, 0.25) is 0 Å². The minimum absolute atomic E-state index is 0.279. The molecule has 0 fully saturated rings. The Bertz CT molecular complexity index is 511. The number of rotatable bonds is 3. The van der Waals surface area contributed by atoms with E-state index in [0.29, 0.717) is 4.90 Å². The molecule has 0 atom stereocenters. The van der Waals surface area contributed by atoms with E-state index in [4.69, 9.17) is 5.73 Å². The maximum absolute atomic E-state index is 13.7. The van der Waals surface area contributed by atoms with E-state index in [0.717, 1.165) is 10.5 Å². The summed E-state index contributed by atoms with van der Waals surface area (Å²) in [6, 6.07) is 10.8. The molecule has 2 rings (SSSR count). The van der Waals surface area contributed by atoms with Gasteiger partial charge in [-0.3, -0.25) is 0 Å². The van der Waals surface area contributed by atoms with Crippen molar-refractivity contribution in [3.8, 4) is 0 Å². The van der Waals surface area contributed by atoms with Gasteiger partial charge in [-0.2, -0.15) is 0 Å². The molecule has 0 aromatic heterocycles. The highest BCUT2D eigenvalue weighted by Crippen LogP contribution is 2.32. The summed E-state index contributed by atoms with van der Waals surface area (Å²) < 4.78 is 26.4. The molecule has 88 valence electrons. The molecule has 0 aliphatic rings.